The van der Waals surface area contributed by atoms with Crippen molar-refractivity contribution in [3.8, 4) is 0 Å². The molecule has 0 saturated carbocycles. The van der Waals surface area contributed by atoms with Crippen LogP contribution in [0.3, 0.4) is 0 Å². The molecule has 5 nitrogen and oxygen atoms in total. The van der Waals surface area contributed by atoms with Crippen LogP contribution < -0.4 is 11.1 Å². The van der Waals surface area contributed by atoms with Gasteiger partial charge in [-0.2, -0.15) is 0 Å². The molecule has 0 radical (unpaired) electrons. The largest absolute Gasteiger partial charge is 0.351 e. The second kappa shape index (κ2) is 5.71. The van der Waals surface area contributed by atoms with Gasteiger partial charge in [-0.3, -0.25) is 4.79 Å². The molecule has 0 aromatic heterocycles. The van der Waals surface area contributed by atoms with E-state index in [-0.39, 0.29) is 23.5 Å². The topological polar surface area (TPSA) is 89.3 Å². The van der Waals surface area contributed by atoms with Crippen molar-refractivity contribution in [2.45, 2.75) is 24.9 Å². The number of hydrogen-bond donors (Lipinski definition) is 2. The smallest absolute Gasteiger partial charge is 0.237 e. The van der Waals surface area contributed by atoms with Gasteiger partial charge >= 0.3 is 0 Å². The number of benzene rings is 1. The lowest BCUT2D eigenvalue weighted by Gasteiger charge is -2.15. The van der Waals surface area contributed by atoms with Gasteiger partial charge in [-0.1, -0.05) is 30.3 Å². The van der Waals surface area contributed by atoms with Gasteiger partial charge in [-0.05, 0) is 18.4 Å². The van der Waals surface area contributed by atoms with Crippen LogP contribution in [0.5, 0.6) is 0 Å². The van der Waals surface area contributed by atoms with Gasteiger partial charge in [0.1, 0.15) is 0 Å². The molecule has 1 unspecified atom stereocenters. The van der Waals surface area contributed by atoms with E-state index in [9.17, 15) is 13.2 Å². The van der Waals surface area contributed by atoms with Crippen molar-refractivity contribution in [2.75, 3.05) is 11.5 Å². The Bertz CT molecular complexity index is 542. The molecule has 1 heterocycles. The summed E-state index contributed by atoms with van der Waals surface area (Å²) in [6, 6.07) is 8.57. The first-order valence-electron chi connectivity index (χ1n) is 6.26. The average Bonchev–Trinajstić information content (AvgIpc) is 2.70. The number of amides is 1. The monoisotopic (exact) mass is 282 g/mol. The van der Waals surface area contributed by atoms with Gasteiger partial charge in [-0.15, -0.1) is 0 Å². The van der Waals surface area contributed by atoms with Crippen LogP contribution in [0.1, 0.15) is 12.0 Å². The van der Waals surface area contributed by atoms with Crippen LogP contribution in [-0.4, -0.2) is 37.9 Å². The number of sulfone groups is 1. The van der Waals surface area contributed by atoms with E-state index in [0.717, 1.165) is 5.56 Å². The Morgan fingerprint density at radius 1 is 1.37 bits per heavy atom. The minimum atomic E-state index is -2.98. The highest BCUT2D eigenvalue weighted by Crippen LogP contribution is 2.11. The molecule has 1 amide bonds. The third kappa shape index (κ3) is 4.04. The minimum Gasteiger partial charge on any atom is -0.351 e. The van der Waals surface area contributed by atoms with E-state index in [0.29, 0.717) is 12.8 Å². The number of carbonyl (C=O) groups is 1. The Morgan fingerprint density at radius 2 is 2.05 bits per heavy atom. The zero-order valence-corrected chi connectivity index (χ0v) is 11.4. The molecule has 2 atom stereocenters. The fraction of sp³-hybridized carbons (Fsp3) is 0.462. The summed E-state index contributed by atoms with van der Waals surface area (Å²) in [7, 11) is -2.98. The van der Waals surface area contributed by atoms with Crippen molar-refractivity contribution in [1.82, 2.24) is 5.32 Å². The van der Waals surface area contributed by atoms with Crippen LogP contribution in [0.25, 0.3) is 0 Å². The van der Waals surface area contributed by atoms with Crippen molar-refractivity contribution in [3.63, 3.8) is 0 Å². The molecule has 1 saturated heterocycles. The van der Waals surface area contributed by atoms with Crippen molar-refractivity contribution < 1.29 is 13.2 Å². The molecule has 1 aromatic carbocycles. The van der Waals surface area contributed by atoms with E-state index in [1.54, 1.807) is 0 Å². The van der Waals surface area contributed by atoms with Crippen molar-refractivity contribution >= 4 is 15.7 Å². The quantitative estimate of drug-likeness (QED) is 0.804. The maximum absolute atomic E-state index is 11.9. The first kappa shape index (κ1) is 14.0. The molecule has 2 rings (SSSR count). The summed E-state index contributed by atoms with van der Waals surface area (Å²) in [4.78, 5) is 11.9. The first-order chi connectivity index (χ1) is 8.96. The Hall–Kier alpha value is -1.40. The first-order valence-corrected chi connectivity index (χ1v) is 8.09. The number of nitrogens with two attached hydrogens (primary N) is 1. The fourth-order valence-corrected chi connectivity index (χ4v) is 3.85. The van der Waals surface area contributed by atoms with E-state index >= 15 is 0 Å². The van der Waals surface area contributed by atoms with Crippen molar-refractivity contribution in [3.05, 3.63) is 35.9 Å². The molecular formula is C13H18N2O3S. The van der Waals surface area contributed by atoms with Gasteiger partial charge in [-0.25, -0.2) is 8.42 Å². The second-order valence-electron chi connectivity index (χ2n) is 4.90. The van der Waals surface area contributed by atoms with Gasteiger partial charge in [0.2, 0.25) is 5.91 Å². The molecule has 19 heavy (non-hydrogen) atoms. The zero-order valence-electron chi connectivity index (χ0n) is 10.6. The maximum Gasteiger partial charge on any atom is 0.237 e. The standard InChI is InChI=1S/C13H18N2O3S/c14-12(8-10-4-2-1-3-5-10)13(16)15-11-6-7-19(17,18)9-11/h1-5,11-12H,6-9,14H2,(H,15,16)/t11?,12-/m1/s1. The van der Waals surface area contributed by atoms with Crippen LogP contribution >= 0.6 is 0 Å². The summed E-state index contributed by atoms with van der Waals surface area (Å²) in [6.07, 6.45) is 0.929. The van der Waals surface area contributed by atoms with Crippen LogP contribution in [-0.2, 0) is 21.1 Å². The summed E-state index contributed by atoms with van der Waals surface area (Å²) in [5.41, 5.74) is 6.82. The van der Waals surface area contributed by atoms with E-state index in [1.165, 1.54) is 0 Å². The third-order valence-corrected chi connectivity index (χ3v) is 4.98. The number of rotatable bonds is 4. The SMILES string of the molecule is N[C@H](Cc1ccccc1)C(=O)NC1CCS(=O)(=O)C1. The van der Waals surface area contributed by atoms with Crippen LogP contribution in [0.4, 0.5) is 0 Å². The lowest BCUT2D eigenvalue weighted by Crippen LogP contribution is -2.46. The van der Waals surface area contributed by atoms with Gasteiger partial charge in [0, 0.05) is 6.04 Å². The fourth-order valence-electron chi connectivity index (χ4n) is 2.18. The Morgan fingerprint density at radius 3 is 2.63 bits per heavy atom. The Balaban J connectivity index is 1.86. The summed E-state index contributed by atoms with van der Waals surface area (Å²) < 4.78 is 22.6. The molecule has 1 aromatic rings. The molecule has 3 N–H and O–H groups in total. The van der Waals surface area contributed by atoms with E-state index in [1.807, 2.05) is 30.3 Å². The van der Waals surface area contributed by atoms with Crippen LogP contribution in [0, 0.1) is 0 Å². The molecule has 6 heteroatoms. The minimum absolute atomic E-state index is 0.0246. The van der Waals surface area contributed by atoms with Crippen LogP contribution in [0.2, 0.25) is 0 Å². The summed E-state index contributed by atoms with van der Waals surface area (Å²) in [5, 5.41) is 2.71. The zero-order chi connectivity index (χ0) is 13.9. The van der Waals surface area contributed by atoms with Gasteiger partial charge in [0.05, 0.1) is 17.5 Å². The maximum atomic E-state index is 11.9. The highest BCUT2D eigenvalue weighted by molar-refractivity contribution is 7.91. The predicted octanol–water partition coefficient (Wildman–Crippen LogP) is -0.140. The molecule has 0 bridgehead atoms. The molecule has 0 aliphatic carbocycles. The number of nitrogens with one attached hydrogen (secondary N) is 1. The normalized spacial score (nSPS) is 22.9. The molecule has 1 aliphatic heterocycles. The molecule has 104 valence electrons. The van der Waals surface area contributed by atoms with E-state index in [4.69, 9.17) is 5.73 Å². The summed E-state index contributed by atoms with van der Waals surface area (Å²) in [5.74, 6) is -0.117. The summed E-state index contributed by atoms with van der Waals surface area (Å²) >= 11 is 0. The molecule has 1 fully saturated rings. The van der Waals surface area contributed by atoms with Crippen LogP contribution in [0.15, 0.2) is 30.3 Å². The lowest BCUT2D eigenvalue weighted by molar-refractivity contribution is -0.122. The van der Waals surface area contributed by atoms with Gasteiger partial charge in [0.25, 0.3) is 0 Å². The van der Waals surface area contributed by atoms with Crippen molar-refractivity contribution in [2.24, 2.45) is 5.73 Å². The van der Waals surface area contributed by atoms with Gasteiger partial charge < -0.3 is 11.1 Å². The van der Waals surface area contributed by atoms with E-state index < -0.39 is 15.9 Å². The number of hydrogen-bond acceptors (Lipinski definition) is 4. The average molecular weight is 282 g/mol. The third-order valence-electron chi connectivity index (χ3n) is 3.21. The second-order valence-corrected chi connectivity index (χ2v) is 7.13. The molecular weight excluding hydrogens is 264 g/mol. The van der Waals surface area contributed by atoms with Gasteiger partial charge in [0.15, 0.2) is 9.84 Å². The lowest BCUT2D eigenvalue weighted by atomic mass is 10.1. The number of carbonyl (C=O) groups excluding carboxylic acids is 1. The summed E-state index contributed by atoms with van der Waals surface area (Å²) in [6.45, 7) is 0. The Kier molecular flexibility index (Phi) is 4.21. The van der Waals surface area contributed by atoms with Crippen molar-refractivity contribution in [1.29, 1.82) is 0 Å². The molecule has 0 spiro atoms. The highest BCUT2D eigenvalue weighted by Gasteiger charge is 2.29. The molecule has 1 aliphatic rings. The predicted molar refractivity (Wildman–Crippen MR) is 73.3 cm³/mol. The van der Waals surface area contributed by atoms with E-state index in [2.05, 4.69) is 5.32 Å². The Labute approximate surface area is 113 Å². The highest BCUT2D eigenvalue weighted by atomic mass is 32.2.